The molecule has 0 spiro atoms. The van der Waals surface area contributed by atoms with E-state index >= 15 is 0 Å². The predicted octanol–water partition coefficient (Wildman–Crippen LogP) is 2.53. The number of nitrogens with one attached hydrogen (secondary N) is 1. The quantitative estimate of drug-likeness (QED) is 0.225. The maximum atomic E-state index is 4.67. The molecule has 0 aliphatic carbocycles. The molecule has 0 unspecified atom stereocenters. The molecule has 0 aliphatic rings. The van der Waals surface area contributed by atoms with Gasteiger partial charge in [-0.1, -0.05) is 13.0 Å². The van der Waals surface area contributed by atoms with Gasteiger partial charge in [0.2, 0.25) is 0 Å². The zero-order valence-corrected chi connectivity index (χ0v) is 13.0. The van der Waals surface area contributed by atoms with E-state index < -0.39 is 0 Å². The number of nitrogens with zero attached hydrogens (tertiary/aromatic N) is 3. The fraction of sp³-hybridized carbons (Fsp3) is 0.300. The van der Waals surface area contributed by atoms with E-state index in [4.69, 9.17) is 0 Å². The summed E-state index contributed by atoms with van der Waals surface area (Å²) in [5.41, 5.74) is 4.63. The van der Waals surface area contributed by atoms with Crippen LogP contribution in [0.5, 0.6) is 0 Å². The van der Waals surface area contributed by atoms with Crippen molar-refractivity contribution in [2.45, 2.75) is 13.3 Å². The Bertz CT molecular complexity index is 351. The molecule has 0 radical (unpaired) electrons. The molecular formula is C10H14Cl2CuN4S. The average Bonchev–Trinajstić information content (AvgIpc) is 2.38. The van der Waals surface area contributed by atoms with Crippen molar-refractivity contribution in [2.75, 3.05) is 6.54 Å². The third-order valence-corrected chi connectivity index (χ3v) is 1.81. The van der Waals surface area contributed by atoms with Gasteiger partial charge in [0.15, 0.2) is 17.3 Å². The minimum absolute atomic E-state index is 0.518. The van der Waals surface area contributed by atoms with Crippen LogP contribution in [0, 0.1) is 0 Å². The minimum atomic E-state index is 0.518. The van der Waals surface area contributed by atoms with Crippen molar-refractivity contribution >= 4 is 43.7 Å². The Labute approximate surface area is 127 Å². The molecule has 1 rings (SSSR count). The molecule has 0 bridgehead atoms. The van der Waals surface area contributed by atoms with Crippen molar-refractivity contribution in [1.29, 1.82) is 0 Å². The Balaban J connectivity index is 0.000000873. The van der Waals surface area contributed by atoms with Crippen molar-refractivity contribution in [1.82, 2.24) is 10.3 Å². The first-order valence-corrected chi connectivity index (χ1v) is 8.04. The number of thiol groups is 1. The first-order valence-electron chi connectivity index (χ1n) is 5.00. The Morgan fingerprint density at radius 1 is 1.61 bits per heavy atom. The first kappa shape index (κ1) is 17.8. The van der Waals surface area contributed by atoms with Crippen molar-refractivity contribution in [3.05, 3.63) is 35.5 Å². The van der Waals surface area contributed by atoms with Crippen molar-refractivity contribution in [3.63, 3.8) is 0 Å². The monoisotopic (exact) mass is 355 g/mol. The van der Waals surface area contributed by atoms with Crippen LogP contribution in [0.1, 0.15) is 19.0 Å². The molecule has 18 heavy (non-hydrogen) atoms. The molecule has 1 N–H and O–H groups in total. The Morgan fingerprint density at radius 3 is 2.89 bits per heavy atom. The third kappa shape index (κ3) is 10.9. The summed E-state index contributed by atoms with van der Waals surface area (Å²) in [5.74, 6) is 0. The van der Waals surface area contributed by atoms with Crippen LogP contribution in [0.3, 0.4) is 0 Å². The van der Waals surface area contributed by atoms with Crippen LogP contribution in [-0.4, -0.2) is 22.9 Å². The molecule has 0 aromatic carbocycles. The molecule has 0 saturated heterocycles. The van der Waals surface area contributed by atoms with Gasteiger partial charge < -0.3 is 10.5 Å². The number of pyridine rings is 1. The van der Waals surface area contributed by atoms with Gasteiger partial charge in [0.05, 0.1) is 5.69 Å². The molecule has 8 heteroatoms. The second-order valence-electron chi connectivity index (χ2n) is 2.89. The number of hydrogen-bond acceptors (Lipinski definition) is 2. The van der Waals surface area contributed by atoms with Gasteiger partial charge >= 0.3 is 33.3 Å². The summed E-state index contributed by atoms with van der Waals surface area (Å²) < 4.78 is 0. The second-order valence-corrected chi connectivity index (χ2v) is 4.87. The molecular weight excluding hydrogens is 343 g/mol. The van der Waals surface area contributed by atoms with Gasteiger partial charge in [-0.25, -0.2) is 0 Å². The van der Waals surface area contributed by atoms with Crippen molar-refractivity contribution in [3.8, 4) is 0 Å². The predicted molar refractivity (Wildman–Crippen MR) is 79.0 cm³/mol. The molecule has 0 atom stereocenters. The maximum absolute atomic E-state index is 4.67. The number of aromatic nitrogens is 1. The average molecular weight is 357 g/mol. The normalized spacial score (nSPS) is 9.94. The topological polar surface area (TPSA) is 51.4 Å². The molecule has 1 heterocycles. The van der Waals surface area contributed by atoms with Crippen LogP contribution < -0.4 is 5.32 Å². The van der Waals surface area contributed by atoms with Gasteiger partial charge in [0.25, 0.3) is 0 Å². The van der Waals surface area contributed by atoms with Crippen LogP contribution in [0.2, 0.25) is 0 Å². The molecule has 0 aliphatic heterocycles. The van der Waals surface area contributed by atoms with Gasteiger partial charge in [-0.2, -0.15) is 0 Å². The summed E-state index contributed by atoms with van der Waals surface area (Å²) in [6.07, 6.45) is 4.33. The molecule has 0 saturated carbocycles. The first-order chi connectivity index (χ1) is 8.74. The standard InChI is InChI=1S/C10H14N4S.2ClH.Cu/c1-2-6-12-10(15)14-13-8-9-5-3-4-7-11-9;;;/h3-5,7-8H,2,6H2,1H3,(H2,11,12,14,15);2*1H;/q;;;+2/p-2. The third-order valence-electron chi connectivity index (χ3n) is 1.56. The van der Waals surface area contributed by atoms with Gasteiger partial charge in [-0.15, -0.1) is 0 Å². The Morgan fingerprint density at radius 2 is 2.33 bits per heavy atom. The van der Waals surface area contributed by atoms with Crippen LogP contribution in [-0.2, 0) is 25.4 Å². The van der Waals surface area contributed by atoms with Gasteiger partial charge in [-0.3, -0.25) is 10.3 Å². The van der Waals surface area contributed by atoms with Crippen molar-refractivity contribution in [2.24, 2.45) is 5.10 Å². The number of rotatable bonds is 4. The summed E-state index contributed by atoms with van der Waals surface area (Å²) >= 11 is 4.87. The Hall–Kier alpha value is -0.231. The summed E-state index contributed by atoms with van der Waals surface area (Å²) in [5, 5.41) is 7.37. The SMILES string of the molecule is CCCNC(=[SH+])[N-]N=Cc1ccccn1.[Cl][Cu][Cl]. The van der Waals surface area contributed by atoms with Crippen LogP contribution in [0.25, 0.3) is 5.43 Å². The molecule has 1 aromatic heterocycles. The van der Waals surface area contributed by atoms with E-state index in [0.29, 0.717) is 5.11 Å². The molecule has 4 nitrogen and oxygen atoms in total. The summed E-state index contributed by atoms with van der Waals surface area (Å²) in [6, 6.07) is 5.61. The molecule has 105 valence electrons. The fourth-order valence-corrected chi connectivity index (χ4v) is 1.03. The van der Waals surface area contributed by atoms with Crippen LogP contribution in [0.4, 0.5) is 0 Å². The van der Waals surface area contributed by atoms with E-state index in [-0.39, 0.29) is 0 Å². The van der Waals surface area contributed by atoms with Crippen LogP contribution >= 0.6 is 20.2 Å². The van der Waals surface area contributed by atoms with E-state index in [0.717, 1.165) is 31.8 Å². The fourth-order valence-electron chi connectivity index (χ4n) is 0.867. The van der Waals surface area contributed by atoms with E-state index in [2.05, 4.69) is 60.2 Å². The second kappa shape index (κ2) is 13.2. The molecule has 1 aromatic rings. The Kier molecular flexibility index (Phi) is 13.0. The van der Waals surface area contributed by atoms with E-state index in [1.54, 1.807) is 12.4 Å². The van der Waals surface area contributed by atoms with E-state index in [1.165, 1.54) is 0 Å². The number of halogens is 2. The van der Waals surface area contributed by atoms with Crippen LogP contribution in [0.15, 0.2) is 29.5 Å². The summed E-state index contributed by atoms with van der Waals surface area (Å²) in [4.78, 5) is 4.07. The zero-order valence-electron chi connectivity index (χ0n) is 9.65. The zero-order chi connectivity index (χ0) is 13.6. The van der Waals surface area contributed by atoms with Crippen molar-refractivity contribution < 1.29 is 13.1 Å². The van der Waals surface area contributed by atoms with Gasteiger partial charge in [0, 0.05) is 19.0 Å². The van der Waals surface area contributed by atoms with Gasteiger partial charge in [-0.05, 0) is 18.6 Å². The summed E-state index contributed by atoms with van der Waals surface area (Å²) in [6.45, 7) is 2.92. The number of hydrogen-bond donors (Lipinski definition) is 1. The van der Waals surface area contributed by atoms with E-state index in [1.807, 2.05) is 18.2 Å². The molecule has 0 fully saturated rings. The molecule has 0 amide bonds. The van der Waals surface area contributed by atoms with E-state index in [9.17, 15) is 0 Å². The summed E-state index contributed by atoms with van der Waals surface area (Å²) in [7, 11) is 9.34. The van der Waals surface area contributed by atoms with Gasteiger partial charge in [0.1, 0.15) is 0 Å².